The molecular weight excluding hydrogens is 120 g/mol. The average Bonchev–Trinajstić information content (AvgIpc) is 2.10. The van der Waals surface area contributed by atoms with Crippen LogP contribution in [0.1, 0.15) is 5.56 Å². The minimum atomic E-state index is -0.222. The predicted molar refractivity (Wildman–Crippen MR) is 32.0 cm³/mol. The molecule has 4 nitrogen and oxygen atoms in total. The highest BCUT2D eigenvalue weighted by atomic mass is 16.3. The third-order valence-electron chi connectivity index (χ3n) is 1.09. The zero-order valence-electron chi connectivity index (χ0n) is 5.09. The van der Waals surface area contributed by atoms with E-state index in [1.807, 2.05) is 0 Å². The normalized spacial score (nSPS) is 10.0. The van der Waals surface area contributed by atoms with E-state index >= 15 is 0 Å². The zero-order chi connectivity index (χ0) is 6.85. The van der Waals surface area contributed by atoms with E-state index in [2.05, 4.69) is 5.10 Å². The van der Waals surface area contributed by atoms with Crippen LogP contribution in [-0.2, 0) is 13.7 Å². The summed E-state index contributed by atoms with van der Waals surface area (Å²) in [7, 11) is 1.69. The molecule has 0 radical (unpaired) electrons. The fraction of sp³-hybridized carbons (Fsp3) is 0.400. The maximum atomic E-state index is 10.6. The van der Waals surface area contributed by atoms with Crippen LogP contribution in [0.3, 0.4) is 0 Å². The van der Waals surface area contributed by atoms with Gasteiger partial charge in [0.1, 0.15) is 0 Å². The van der Waals surface area contributed by atoms with Gasteiger partial charge in [0.2, 0.25) is 0 Å². The van der Waals surface area contributed by atoms with Gasteiger partial charge in [-0.1, -0.05) is 0 Å². The molecule has 0 saturated carbocycles. The fourth-order valence-electron chi connectivity index (χ4n) is 0.669. The SMILES string of the molecule is Cn1cc(CO)c(=O)[nH]1. The Hall–Kier alpha value is -1.03. The van der Waals surface area contributed by atoms with Crippen molar-refractivity contribution < 1.29 is 5.11 Å². The molecule has 1 aromatic heterocycles. The number of nitrogens with zero attached hydrogens (tertiary/aromatic N) is 1. The summed E-state index contributed by atoms with van der Waals surface area (Å²) >= 11 is 0. The molecule has 0 aliphatic carbocycles. The lowest BCUT2D eigenvalue weighted by Crippen LogP contribution is -2.06. The summed E-state index contributed by atoms with van der Waals surface area (Å²) in [6.45, 7) is -0.198. The number of hydrogen-bond donors (Lipinski definition) is 2. The largest absolute Gasteiger partial charge is 0.391 e. The third kappa shape index (κ3) is 1.02. The van der Waals surface area contributed by atoms with Gasteiger partial charge in [-0.25, -0.2) is 0 Å². The first-order valence-corrected chi connectivity index (χ1v) is 2.59. The second-order valence-corrected chi connectivity index (χ2v) is 1.86. The van der Waals surface area contributed by atoms with Crippen LogP contribution in [0, 0.1) is 0 Å². The quantitative estimate of drug-likeness (QED) is 0.520. The Kier molecular flexibility index (Phi) is 1.40. The van der Waals surface area contributed by atoms with Crippen molar-refractivity contribution in [1.82, 2.24) is 9.78 Å². The van der Waals surface area contributed by atoms with Crippen molar-refractivity contribution in [2.45, 2.75) is 6.61 Å². The number of rotatable bonds is 1. The molecule has 0 aromatic carbocycles. The van der Waals surface area contributed by atoms with Crippen LogP contribution < -0.4 is 5.56 Å². The first-order valence-electron chi connectivity index (χ1n) is 2.59. The number of aliphatic hydroxyl groups is 1. The van der Waals surface area contributed by atoms with Crippen LogP contribution in [0.15, 0.2) is 11.0 Å². The van der Waals surface area contributed by atoms with Crippen molar-refractivity contribution in [3.8, 4) is 0 Å². The third-order valence-corrected chi connectivity index (χ3v) is 1.09. The highest BCUT2D eigenvalue weighted by Gasteiger charge is 1.97. The Balaban J connectivity index is 3.16. The minimum absolute atomic E-state index is 0.198. The van der Waals surface area contributed by atoms with E-state index in [0.717, 1.165) is 0 Å². The van der Waals surface area contributed by atoms with Crippen molar-refractivity contribution in [3.63, 3.8) is 0 Å². The molecule has 0 amide bonds. The van der Waals surface area contributed by atoms with Crippen molar-refractivity contribution in [2.75, 3.05) is 0 Å². The van der Waals surface area contributed by atoms with Gasteiger partial charge in [0.05, 0.1) is 12.2 Å². The summed E-state index contributed by atoms with van der Waals surface area (Å²) in [4.78, 5) is 10.6. The molecule has 0 atom stereocenters. The lowest BCUT2D eigenvalue weighted by molar-refractivity contribution is 0.280. The second-order valence-electron chi connectivity index (χ2n) is 1.86. The van der Waals surface area contributed by atoms with E-state index in [1.165, 1.54) is 4.68 Å². The van der Waals surface area contributed by atoms with Gasteiger partial charge in [-0.2, -0.15) is 0 Å². The van der Waals surface area contributed by atoms with Crippen LogP contribution in [-0.4, -0.2) is 14.9 Å². The summed E-state index contributed by atoms with van der Waals surface area (Å²) in [6.07, 6.45) is 1.56. The number of aromatic amines is 1. The Morgan fingerprint density at radius 1 is 1.89 bits per heavy atom. The Bertz CT molecular complexity index is 248. The van der Waals surface area contributed by atoms with Gasteiger partial charge in [-0.05, 0) is 0 Å². The highest BCUT2D eigenvalue weighted by molar-refractivity contribution is 5.01. The maximum absolute atomic E-state index is 10.6. The second kappa shape index (κ2) is 2.06. The maximum Gasteiger partial charge on any atom is 0.269 e. The van der Waals surface area contributed by atoms with Crippen LogP contribution in [0.25, 0.3) is 0 Å². The molecule has 50 valence electrons. The van der Waals surface area contributed by atoms with Crippen molar-refractivity contribution in [1.29, 1.82) is 0 Å². The number of aliphatic hydroxyl groups excluding tert-OH is 1. The van der Waals surface area contributed by atoms with Gasteiger partial charge in [0, 0.05) is 13.2 Å². The molecule has 4 heteroatoms. The van der Waals surface area contributed by atoms with Gasteiger partial charge in [0.25, 0.3) is 5.56 Å². The Labute approximate surface area is 51.7 Å². The van der Waals surface area contributed by atoms with Crippen molar-refractivity contribution in [3.05, 3.63) is 22.1 Å². The van der Waals surface area contributed by atoms with E-state index in [4.69, 9.17) is 5.11 Å². The van der Waals surface area contributed by atoms with Gasteiger partial charge in [-0.15, -0.1) is 0 Å². The molecule has 1 rings (SSSR count). The fourth-order valence-corrected chi connectivity index (χ4v) is 0.669. The molecule has 9 heavy (non-hydrogen) atoms. The topological polar surface area (TPSA) is 58.0 Å². The molecule has 0 spiro atoms. The number of nitrogens with one attached hydrogen (secondary N) is 1. The zero-order valence-corrected chi connectivity index (χ0v) is 5.09. The first-order chi connectivity index (χ1) is 4.24. The van der Waals surface area contributed by atoms with E-state index in [-0.39, 0.29) is 12.2 Å². The number of H-pyrrole nitrogens is 1. The lowest BCUT2D eigenvalue weighted by atomic mass is 10.4. The Morgan fingerprint density at radius 3 is 2.78 bits per heavy atom. The number of aromatic nitrogens is 2. The van der Waals surface area contributed by atoms with Gasteiger partial charge in [-0.3, -0.25) is 14.6 Å². The molecule has 1 aromatic rings. The summed E-state index contributed by atoms with van der Waals surface area (Å²) in [5.41, 5.74) is 0.178. The first kappa shape index (κ1) is 6.10. The van der Waals surface area contributed by atoms with E-state index in [9.17, 15) is 4.79 Å². The van der Waals surface area contributed by atoms with Gasteiger partial charge < -0.3 is 5.11 Å². The van der Waals surface area contributed by atoms with Crippen LogP contribution in [0.4, 0.5) is 0 Å². The molecule has 2 N–H and O–H groups in total. The molecule has 0 fully saturated rings. The van der Waals surface area contributed by atoms with E-state index in [0.29, 0.717) is 5.56 Å². The molecule has 0 aliphatic rings. The van der Waals surface area contributed by atoms with Gasteiger partial charge in [0.15, 0.2) is 0 Å². The van der Waals surface area contributed by atoms with Crippen LogP contribution in [0.5, 0.6) is 0 Å². The molecular formula is C5H8N2O2. The standard InChI is InChI=1S/C5H8N2O2/c1-7-2-4(3-8)5(9)6-7/h2,8H,3H2,1H3,(H,6,9). The summed E-state index contributed by atoms with van der Waals surface area (Å²) < 4.78 is 1.51. The lowest BCUT2D eigenvalue weighted by Gasteiger charge is -1.82. The number of hydrogen-bond acceptors (Lipinski definition) is 2. The number of aryl methyl sites for hydroxylation is 1. The molecule has 0 bridgehead atoms. The molecule has 0 aliphatic heterocycles. The predicted octanol–water partition coefficient (Wildman–Crippen LogP) is -0.794. The molecule has 0 saturated heterocycles. The van der Waals surface area contributed by atoms with Crippen LogP contribution in [0.2, 0.25) is 0 Å². The summed E-state index contributed by atoms with van der Waals surface area (Å²) in [6, 6.07) is 0. The van der Waals surface area contributed by atoms with Crippen LogP contribution >= 0.6 is 0 Å². The monoisotopic (exact) mass is 128 g/mol. The van der Waals surface area contributed by atoms with E-state index in [1.54, 1.807) is 13.2 Å². The smallest absolute Gasteiger partial charge is 0.269 e. The minimum Gasteiger partial charge on any atom is -0.391 e. The highest BCUT2D eigenvalue weighted by Crippen LogP contribution is 1.85. The summed E-state index contributed by atoms with van der Waals surface area (Å²) in [5.74, 6) is 0. The Morgan fingerprint density at radius 2 is 2.56 bits per heavy atom. The molecule has 0 unspecified atom stereocenters. The molecule has 1 heterocycles. The van der Waals surface area contributed by atoms with Crippen molar-refractivity contribution in [2.24, 2.45) is 7.05 Å². The average molecular weight is 128 g/mol. The van der Waals surface area contributed by atoms with Gasteiger partial charge >= 0.3 is 0 Å². The van der Waals surface area contributed by atoms with E-state index < -0.39 is 0 Å². The van der Waals surface area contributed by atoms with Crippen molar-refractivity contribution >= 4 is 0 Å². The summed E-state index contributed by atoms with van der Waals surface area (Å²) in [5, 5.41) is 11.0.